The number of benzene rings is 8. The van der Waals surface area contributed by atoms with Crippen LogP contribution in [0.1, 0.15) is 149 Å². The van der Waals surface area contributed by atoms with Crippen LogP contribution in [0.15, 0.2) is 293 Å². The average molecular weight is 2030 g/mol. The molecule has 0 atom stereocenters. The van der Waals surface area contributed by atoms with E-state index in [-0.39, 0.29) is 99.0 Å². The molecule has 0 aliphatic heterocycles. The van der Waals surface area contributed by atoms with Crippen LogP contribution in [0.25, 0.3) is 67.1 Å². The summed E-state index contributed by atoms with van der Waals surface area (Å²) in [6.45, 7) is 20.8. The Hall–Kier alpha value is -16.1. The number of pyridine rings is 4. The minimum Gasteiger partial charge on any atom is -0.870 e. The van der Waals surface area contributed by atoms with Crippen LogP contribution < -0.4 is 73.3 Å². The van der Waals surface area contributed by atoms with Gasteiger partial charge in [0.1, 0.15) is 33.8 Å². The number of rotatable bonds is 31. The molecule has 0 aliphatic carbocycles. The van der Waals surface area contributed by atoms with Gasteiger partial charge in [0, 0.05) is 165 Å². The Morgan fingerprint density at radius 1 is 0.385 bits per heavy atom. The van der Waals surface area contributed by atoms with E-state index in [2.05, 4.69) is 95.2 Å². The Morgan fingerprint density at radius 3 is 0.980 bits per heavy atom. The number of nitrogens with two attached hydrogens (primary N) is 3. The maximum absolute atomic E-state index is 12.1. The first-order valence-corrected chi connectivity index (χ1v) is 46.3. The molecule has 148 heavy (non-hydrogen) atoms. The first kappa shape index (κ1) is 119. The number of hydrogen-bond donors (Lipinski definition) is 10. The molecular formula is C112H126F3N16NaO16. The van der Waals surface area contributed by atoms with Gasteiger partial charge in [-0.1, -0.05) is 160 Å². The van der Waals surface area contributed by atoms with Crippen molar-refractivity contribution in [2.24, 2.45) is 11.5 Å². The molecule has 0 bridgehead atoms. The fraction of sp³-hybridized carbons (Fsp3) is 0.250. The molecule has 16 aromatic rings. The zero-order valence-electron chi connectivity index (χ0n) is 82.8. The summed E-state index contributed by atoms with van der Waals surface area (Å²) in [7, 11) is 0. The van der Waals surface area contributed by atoms with Crippen LogP contribution in [0.4, 0.5) is 45.5 Å². The van der Waals surface area contributed by atoms with Gasteiger partial charge in [0.05, 0.1) is 51.1 Å². The van der Waals surface area contributed by atoms with Gasteiger partial charge in [-0.2, -0.15) is 13.2 Å². The van der Waals surface area contributed by atoms with E-state index >= 15 is 0 Å². The summed E-state index contributed by atoms with van der Waals surface area (Å²) in [6, 6.07) is 70.3. The third-order valence-corrected chi connectivity index (χ3v) is 21.4. The molecule has 0 aliphatic rings. The molecule has 36 heteroatoms. The second-order valence-electron chi connectivity index (χ2n) is 34.7. The number of aldehydes is 1. The van der Waals surface area contributed by atoms with Crippen molar-refractivity contribution < 1.29 is 120 Å². The van der Waals surface area contributed by atoms with Crippen molar-refractivity contribution in [2.75, 3.05) is 41.5 Å². The van der Waals surface area contributed by atoms with Gasteiger partial charge < -0.3 is 101 Å². The van der Waals surface area contributed by atoms with Gasteiger partial charge in [0.2, 0.25) is 6.29 Å². The zero-order valence-corrected chi connectivity index (χ0v) is 84.8. The van der Waals surface area contributed by atoms with Crippen molar-refractivity contribution in [3.05, 3.63) is 360 Å². The standard InChI is InChI=1S/C30H34N4O4.C25H26N4O2.C23H22N4O2.C20H21N3O4.C10H13NO2.C2HF3O.2CH4.Na.H2O/c1-5-37-27(35)17-24-10-6-7-12-26(24)32-19-22-16-25(28-31-13-14-34(28)20-22)23-11-8-9-21(15-23)18-33-29(36)38-30(2,3)4;1-2-31-24(30)14-21-7-3-4-9-23(21)28-16-19-13-22(25-27-10-11-29(25)17-19)20-8-5-6-18(12-20)15-26;24-13-16-4-3-6-18(10-16)20-11-17(15-27-9-8-25-23(20)27)14-26-21-7-2-1-5-19(21)12-22(28)29;1-20(2,3)27-19(26)22-11-13-5-4-6-14(9-13)16-10-15(18(24)25)12-23-8-7-21-17(16)23;1-2-13-10(12)7-8-5-3-4-6-9(8)11;3-2(4,5)1-6;;;;/h6-16,20,32H,5,17-19H2,1-4H3,(H,33,36);3-13,17,28H,2,14-16,26H2,1H3;1-11,15,26H,12-14,24H2,(H,28,29);4-10,12H,11H2,1-3H3,(H,22,26)(H,24,25);3-6H,2,7,11H2,1H3;1H;2*1H4;;1H2/q;;;;;;;;+1;/p-1. The number of imidazole rings is 4. The number of halogens is 3. The van der Waals surface area contributed by atoms with Gasteiger partial charge >= 0.3 is 77.8 Å². The summed E-state index contributed by atoms with van der Waals surface area (Å²) >= 11 is 0. The van der Waals surface area contributed by atoms with Crippen LogP contribution in [0.5, 0.6) is 0 Å². The normalized spacial score (nSPS) is 10.7. The number of esters is 3. The predicted octanol–water partition coefficient (Wildman–Crippen LogP) is 17.6. The number of alkyl carbamates (subject to hydrolysis) is 2. The maximum atomic E-state index is 12.1. The van der Waals surface area contributed by atoms with Crippen molar-refractivity contribution in [3.63, 3.8) is 0 Å². The van der Waals surface area contributed by atoms with Crippen LogP contribution in [0, 0.1) is 0 Å². The molecule has 8 heterocycles. The van der Waals surface area contributed by atoms with Gasteiger partial charge in [-0.25, -0.2) is 34.3 Å². The number of carbonyl (C=O) groups excluding carboxylic acids is 6. The number of para-hydroxylation sites is 4. The first-order valence-electron chi connectivity index (χ1n) is 46.3. The van der Waals surface area contributed by atoms with Gasteiger partial charge in [0.25, 0.3) is 0 Å². The fourth-order valence-electron chi connectivity index (χ4n) is 15.1. The van der Waals surface area contributed by atoms with E-state index in [1.165, 1.54) is 6.20 Å². The van der Waals surface area contributed by atoms with Crippen molar-refractivity contribution in [2.45, 2.75) is 166 Å². The van der Waals surface area contributed by atoms with E-state index in [1.807, 2.05) is 236 Å². The smallest absolute Gasteiger partial charge is 0.870 e. The molecule has 8 aromatic carbocycles. The van der Waals surface area contributed by atoms with E-state index in [1.54, 1.807) is 82.1 Å². The van der Waals surface area contributed by atoms with Crippen LogP contribution in [0.2, 0.25) is 0 Å². The van der Waals surface area contributed by atoms with Crippen LogP contribution in [0.3, 0.4) is 0 Å². The Bertz CT molecular complexity index is 7110. The number of hydrogen-bond acceptors (Lipinski definition) is 24. The molecule has 16 rings (SSSR count). The largest absolute Gasteiger partial charge is 1.00 e. The quantitative estimate of drug-likeness (QED) is 0.00634. The molecule has 772 valence electrons. The van der Waals surface area contributed by atoms with E-state index in [4.69, 9.17) is 50.8 Å². The number of fused-ring (bicyclic) bond motifs is 4. The number of carboxylic acid groups (broad SMARTS) is 2. The SMILES string of the molecule is C.C.CC(C)(C)OC(=O)NCc1cccc(-c2cc(C(=O)O)cn3ccnc23)c1.CCOC(=O)Cc1ccccc1N.CCOC(=O)Cc1ccccc1NCc1cc(-c2cccc(CN)c2)c2nccn2c1.CCOC(=O)Cc1ccccc1NCc1cc(-c2cccc(CNC(=O)OC(C)(C)C)c2)c2nccn2c1.NCc1cccc(-c2cc(CNc3ccccc3CC(=O)O)cn3ccnc23)c1.O=CC(F)(F)F.[Na+].[OH-]. The van der Waals surface area contributed by atoms with Crippen LogP contribution in [-0.4, -0.2) is 139 Å². The minimum absolute atomic E-state index is 0. The number of amides is 2. The maximum Gasteiger partial charge on any atom is 1.00 e. The zero-order chi connectivity index (χ0) is 103. The second-order valence-corrected chi connectivity index (χ2v) is 34.7. The molecule has 0 saturated heterocycles. The van der Waals surface area contributed by atoms with Crippen molar-refractivity contribution in [3.8, 4) is 44.5 Å². The Morgan fingerprint density at radius 2 is 0.676 bits per heavy atom. The number of nitrogens with zero attached hydrogens (tertiary/aromatic N) is 8. The van der Waals surface area contributed by atoms with Crippen LogP contribution in [-0.2, 0) is 119 Å². The fourth-order valence-corrected chi connectivity index (χ4v) is 15.1. The third-order valence-electron chi connectivity index (χ3n) is 21.4. The molecule has 0 fully saturated rings. The Kier molecular flexibility index (Phi) is 46.3. The summed E-state index contributed by atoms with van der Waals surface area (Å²) in [5.74, 6) is -2.56. The molecule has 0 radical (unpaired) electrons. The molecule has 8 aromatic heterocycles. The number of aliphatic carboxylic acids is 1. The number of aromatic carboxylic acids is 1. The minimum atomic E-state index is -4.64. The van der Waals surface area contributed by atoms with Gasteiger partial charge in [-0.3, -0.25) is 24.0 Å². The Labute approximate surface area is 879 Å². The van der Waals surface area contributed by atoms with E-state index in [0.29, 0.717) is 82.5 Å². The molecule has 2 amide bonds. The summed E-state index contributed by atoms with van der Waals surface area (Å²) in [5, 5.41) is 34.3. The molecule has 0 spiro atoms. The summed E-state index contributed by atoms with van der Waals surface area (Å²) in [6.07, 6.45) is 16.2. The van der Waals surface area contributed by atoms with E-state index in [9.17, 15) is 51.8 Å². The average Bonchev–Trinajstić information content (AvgIpc) is 1.67. The molecule has 14 N–H and O–H groups in total. The monoisotopic (exact) mass is 2030 g/mol. The summed E-state index contributed by atoms with van der Waals surface area (Å²) in [5.41, 5.74) is 41.2. The first-order chi connectivity index (χ1) is 69.0. The number of carboxylic acids is 2. The van der Waals surface area contributed by atoms with Crippen molar-refractivity contribution >= 4 is 93.7 Å². The number of carbonyl (C=O) groups is 8. The molecule has 32 nitrogen and oxygen atoms in total. The number of alkyl halides is 3. The number of anilines is 4. The molecule has 0 unspecified atom stereocenters. The topological polar surface area (TPSA) is 461 Å². The third kappa shape index (κ3) is 36.6. The van der Waals surface area contributed by atoms with Gasteiger partial charge in [0.15, 0.2) is 0 Å². The van der Waals surface area contributed by atoms with E-state index < -0.39 is 47.8 Å². The second kappa shape index (κ2) is 57.6. The molecular weight excluding hydrogens is 1910 g/mol. The van der Waals surface area contributed by atoms with Crippen molar-refractivity contribution in [1.29, 1.82) is 0 Å². The van der Waals surface area contributed by atoms with E-state index in [0.717, 1.165) is 134 Å². The summed E-state index contributed by atoms with van der Waals surface area (Å²) < 4.78 is 64.6. The van der Waals surface area contributed by atoms with Gasteiger partial charge in [-0.05, 0) is 219 Å². The molecule has 0 saturated carbocycles. The Balaban J connectivity index is 0.000000251. The number of nitrogen functional groups attached to an aromatic ring is 1. The van der Waals surface area contributed by atoms with Crippen LogP contribution >= 0.6 is 0 Å². The predicted molar refractivity (Wildman–Crippen MR) is 563 cm³/mol. The number of aromatic nitrogens is 8. The summed E-state index contributed by atoms with van der Waals surface area (Å²) in [4.78, 5) is 108. The van der Waals surface area contributed by atoms with Gasteiger partial charge in [-0.15, -0.1) is 0 Å². The number of nitrogens with one attached hydrogen (secondary N) is 5. The van der Waals surface area contributed by atoms with Crippen molar-refractivity contribution in [1.82, 2.24) is 48.2 Å². The number of ether oxygens (including phenoxy) is 5.